The van der Waals surface area contributed by atoms with Crippen LogP contribution in [-0.2, 0) is 0 Å². The van der Waals surface area contributed by atoms with E-state index in [1.54, 1.807) is 0 Å². The number of nitriles is 1. The monoisotopic (exact) mass is 581 g/mol. The van der Waals surface area contributed by atoms with Gasteiger partial charge in [0.15, 0.2) is 0 Å². The summed E-state index contributed by atoms with van der Waals surface area (Å²) < 4.78 is 5.17. The van der Waals surface area contributed by atoms with Crippen LogP contribution in [0.2, 0.25) is 0 Å². The summed E-state index contributed by atoms with van der Waals surface area (Å²) in [7, 11) is 0. The maximum absolute atomic E-state index is 9.53. The zero-order valence-corrected chi connectivity index (χ0v) is 25.0. The van der Waals surface area contributed by atoms with E-state index in [1.807, 2.05) is 12.1 Å². The maximum Gasteiger partial charge on any atom is 0.333 e. The average Bonchev–Trinajstić information content (AvgIpc) is 3.63. The van der Waals surface area contributed by atoms with E-state index < -0.39 is 0 Å². The van der Waals surface area contributed by atoms with Crippen molar-refractivity contribution in [3.8, 4) is 34.0 Å². The van der Waals surface area contributed by atoms with Gasteiger partial charge >= 0.3 is 6.85 Å². The van der Waals surface area contributed by atoms with Gasteiger partial charge in [0.25, 0.3) is 0 Å². The molecule has 4 heterocycles. The fourth-order valence-corrected chi connectivity index (χ4v) is 8.90. The summed E-state index contributed by atoms with van der Waals surface area (Å²) in [5.41, 5.74) is 15.9. The van der Waals surface area contributed by atoms with Crippen LogP contribution < -0.4 is 10.9 Å². The molecule has 0 bridgehead atoms. The fourth-order valence-electron chi connectivity index (χ4n) is 8.90. The number of rotatable bonds is 1. The fraction of sp³-hybridized carbons (Fsp3) is 0.0238. The normalized spacial score (nSPS) is 12.8. The minimum absolute atomic E-state index is 0.0234. The molecule has 0 radical (unpaired) electrons. The molecule has 0 atom stereocenters. The van der Waals surface area contributed by atoms with Crippen LogP contribution in [0.3, 0.4) is 0 Å². The molecule has 0 saturated carbocycles. The standard InChI is InChI=1S/C42H24BN3/c1-24-33(27-18-16-25(23-44)17-19-27)22-37-40-38(24)31-12-6-13-32-39-28-9-3-2-8-26(28)20-21-36(39)46(41(31)32)43(40)34-14-7-11-30-29-10-4-5-15-35(29)45(37)42(30)34/h2-22H,1H3. The SMILES string of the molecule is Cc1c(-c2ccc(C#N)cc2)cc2c3c1-c1cccc4c5c6ccccc6ccc5n(c14)B3c1cccc3c4ccccc4n-2c13. The number of para-hydroxylation sites is 3. The highest BCUT2D eigenvalue weighted by Gasteiger charge is 2.42. The molecular weight excluding hydrogens is 557 g/mol. The third-order valence-corrected chi connectivity index (χ3v) is 10.7. The summed E-state index contributed by atoms with van der Waals surface area (Å²) in [6, 6.07) is 48.8. The highest BCUT2D eigenvalue weighted by molar-refractivity contribution is 6.90. The van der Waals surface area contributed by atoms with Crippen LogP contribution in [0.25, 0.3) is 82.3 Å². The van der Waals surface area contributed by atoms with Gasteiger partial charge < -0.3 is 9.05 Å². The molecule has 2 aliphatic heterocycles. The van der Waals surface area contributed by atoms with Gasteiger partial charge in [-0.15, -0.1) is 0 Å². The van der Waals surface area contributed by atoms with E-state index >= 15 is 0 Å². The number of hydrogen-bond donors (Lipinski definition) is 0. The van der Waals surface area contributed by atoms with Crippen molar-refractivity contribution in [2.24, 2.45) is 0 Å². The Morgan fingerprint density at radius 2 is 1.39 bits per heavy atom. The Morgan fingerprint density at radius 1 is 0.630 bits per heavy atom. The van der Waals surface area contributed by atoms with Gasteiger partial charge in [0, 0.05) is 43.8 Å². The lowest BCUT2D eigenvalue weighted by Gasteiger charge is -2.35. The van der Waals surface area contributed by atoms with E-state index in [0.29, 0.717) is 5.56 Å². The zero-order valence-electron chi connectivity index (χ0n) is 25.0. The molecule has 0 N–H and O–H groups in total. The molecule has 9 aromatic rings. The van der Waals surface area contributed by atoms with E-state index in [2.05, 4.69) is 137 Å². The minimum Gasteiger partial charge on any atom is -0.375 e. The molecule has 2 aromatic heterocycles. The second-order valence-corrected chi connectivity index (χ2v) is 12.8. The van der Waals surface area contributed by atoms with Crippen molar-refractivity contribution in [3.05, 3.63) is 139 Å². The van der Waals surface area contributed by atoms with Crippen molar-refractivity contribution in [3.63, 3.8) is 0 Å². The van der Waals surface area contributed by atoms with Gasteiger partial charge in [-0.3, -0.25) is 0 Å². The molecule has 11 rings (SSSR count). The first-order valence-electron chi connectivity index (χ1n) is 15.9. The largest absolute Gasteiger partial charge is 0.375 e. The smallest absolute Gasteiger partial charge is 0.333 e. The van der Waals surface area contributed by atoms with Crippen molar-refractivity contribution >= 4 is 72.2 Å². The Kier molecular flexibility index (Phi) is 4.41. The molecule has 0 spiro atoms. The first-order valence-corrected chi connectivity index (χ1v) is 15.9. The Labute approximate surface area is 265 Å². The highest BCUT2D eigenvalue weighted by atomic mass is 15.0. The number of fused-ring (bicyclic) bond motifs is 12. The summed E-state index contributed by atoms with van der Waals surface area (Å²) in [6.07, 6.45) is 0. The van der Waals surface area contributed by atoms with Crippen molar-refractivity contribution in [2.45, 2.75) is 6.92 Å². The number of hydrogen-bond acceptors (Lipinski definition) is 1. The van der Waals surface area contributed by atoms with E-state index in [4.69, 9.17) is 0 Å². The Bertz CT molecular complexity index is 2880. The van der Waals surface area contributed by atoms with Crippen LogP contribution in [0, 0.1) is 18.3 Å². The van der Waals surface area contributed by atoms with Crippen LogP contribution in [0.4, 0.5) is 0 Å². The van der Waals surface area contributed by atoms with Crippen molar-refractivity contribution in [2.75, 3.05) is 0 Å². The van der Waals surface area contributed by atoms with Gasteiger partial charge in [-0.25, -0.2) is 0 Å². The maximum atomic E-state index is 9.53. The lowest BCUT2D eigenvalue weighted by molar-refractivity contribution is 1.17. The molecule has 4 heteroatoms. The molecule has 210 valence electrons. The van der Waals surface area contributed by atoms with Gasteiger partial charge in [-0.1, -0.05) is 97.1 Å². The van der Waals surface area contributed by atoms with Crippen LogP contribution in [-0.4, -0.2) is 15.9 Å². The predicted molar refractivity (Wildman–Crippen MR) is 192 cm³/mol. The molecule has 0 fully saturated rings. The molecule has 0 unspecified atom stereocenters. The molecule has 0 amide bonds. The van der Waals surface area contributed by atoms with Crippen molar-refractivity contribution in [1.82, 2.24) is 9.05 Å². The summed E-state index contributed by atoms with van der Waals surface area (Å²) in [5.74, 6) is 0. The summed E-state index contributed by atoms with van der Waals surface area (Å²) in [6.45, 7) is 2.31. The van der Waals surface area contributed by atoms with Gasteiger partial charge in [0.1, 0.15) is 0 Å². The number of nitrogens with zero attached hydrogens (tertiary/aromatic N) is 3. The van der Waals surface area contributed by atoms with Gasteiger partial charge in [-0.2, -0.15) is 5.26 Å². The van der Waals surface area contributed by atoms with E-state index in [0.717, 1.165) is 5.56 Å². The predicted octanol–water partition coefficient (Wildman–Crippen LogP) is 8.84. The minimum atomic E-state index is 0.0234. The summed E-state index contributed by atoms with van der Waals surface area (Å²) in [5, 5.41) is 17.3. The lowest BCUT2D eigenvalue weighted by Crippen LogP contribution is -2.55. The molecule has 3 nitrogen and oxygen atoms in total. The molecule has 2 aliphatic rings. The van der Waals surface area contributed by atoms with E-state index in [9.17, 15) is 5.26 Å². The summed E-state index contributed by atoms with van der Waals surface area (Å²) >= 11 is 0. The quantitative estimate of drug-likeness (QED) is 0.178. The lowest BCUT2D eigenvalue weighted by atomic mass is 9.45. The van der Waals surface area contributed by atoms with Crippen molar-refractivity contribution < 1.29 is 0 Å². The zero-order chi connectivity index (χ0) is 30.3. The molecule has 0 saturated heterocycles. The average molecular weight is 581 g/mol. The first kappa shape index (κ1) is 24.3. The van der Waals surface area contributed by atoms with Crippen LogP contribution in [0.1, 0.15) is 11.1 Å². The second-order valence-electron chi connectivity index (χ2n) is 12.8. The molecule has 0 aliphatic carbocycles. The Balaban J connectivity index is 1.40. The van der Waals surface area contributed by atoms with Crippen molar-refractivity contribution in [1.29, 1.82) is 5.26 Å². The first-order chi connectivity index (χ1) is 22.7. The van der Waals surface area contributed by atoms with E-state index in [1.165, 1.54) is 93.3 Å². The van der Waals surface area contributed by atoms with Gasteiger partial charge in [-0.05, 0) is 81.2 Å². The Morgan fingerprint density at radius 3 is 2.26 bits per heavy atom. The number of aromatic nitrogens is 2. The van der Waals surface area contributed by atoms with Gasteiger partial charge in [0.2, 0.25) is 0 Å². The van der Waals surface area contributed by atoms with E-state index in [-0.39, 0.29) is 6.85 Å². The van der Waals surface area contributed by atoms with Gasteiger partial charge in [0.05, 0.1) is 22.7 Å². The second kappa shape index (κ2) is 8.36. The Hall–Kier alpha value is -6.05. The van der Waals surface area contributed by atoms with Crippen LogP contribution in [0.5, 0.6) is 0 Å². The third kappa shape index (κ3) is 2.76. The molecular formula is C42H24BN3. The summed E-state index contributed by atoms with van der Waals surface area (Å²) in [4.78, 5) is 0. The topological polar surface area (TPSA) is 33.6 Å². The molecule has 46 heavy (non-hydrogen) atoms. The van der Waals surface area contributed by atoms with Crippen LogP contribution >= 0.6 is 0 Å². The molecule has 7 aromatic carbocycles. The van der Waals surface area contributed by atoms with Crippen LogP contribution in [0.15, 0.2) is 127 Å². The third-order valence-electron chi connectivity index (χ3n) is 10.7. The number of benzene rings is 7. The highest BCUT2D eigenvalue weighted by Crippen LogP contribution is 2.47.